The average Bonchev–Trinajstić information content (AvgIpc) is 2.56. The van der Waals surface area contributed by atoms with E-state index in [9.17, 15) is 9.18 Å². The Morgan fingerprint density at radius 1 is 1.19 bits per heavy atom. The molecule has 0 saturated heterocycles. The number of aryl methyl sites for hydroxylation is 3. The van der Waals surface area contributed by atoms with Crippen LogP contribution in [0, 0.1) is 25.1 Å². The molecule has 1 atom stereocenters. The molecule has 1 heterocycles. The number of fused-ring (bicyclic) bond motifs is 1. The first-order valence-electron chi connectivity index (χ1n) is 9.58. The van der Waals surface area contributed by atoms with Gasteiger partial charge in [0.2, 0.25) is 5.91 Å². The minimum Gasteiger partial charge on any atom is -0.378 e. The number of anilines is 2. The molecule has 3 rings (SSSR count). The van der Waals surface area contributed by atoms with Crippen LogP contribution < -0.4 is 10.6 Å². The molecule has 1 aliphatic rings. The van der Waals surface area contributed by atoms with E-state index in [0.717, 1.165) is 40.9 Å². The van der Waals surface area contributed by atoms with E-state index in [-0.39, 0.29) is 23.2 Å². The van der Waals surface area contributed by atoms with Gasteiger partial charge in [-0.1, -0.05) is 32.9 Å². The van der Waals surface area contributed by atoms with Gasteiger partial charge in [-0.15, -0.1) is 0 Å². The van der Waals surface area contributed by atoms with Gasteiger partial charge in [-0.05, 0) is 72.6 Å². The highest BCUT2D eigenvalue weighted by Crippen LogP contribution is 2.35. The summed E-state index contributed by atoms with van der Waals surface area (Å²) in [5.41, 5.74) is 6.25. The summed E-state index contributed by atoms with van der Waals surface area (Å²) in [6.45, 7) is 10.3. The quantitative estimate of drug-likeness (QED) is 0.706. The standard InChI is InChI=1S/C23H29FN2O/c1-14-10-17(11-15(2)22(14)26-21(27)13-23(3,4)5)20-8-6-16-12-18(24)7-9-19(16)25-20/h7,9-12,20,25H,6,8,13H2,1-5H3,(H,26,27). The summed E-state index contributed by atoms with van der Waals surface area (Å²) in [5, 5.41) is 6.62. The summed E-state index contributed by atoms with van der Waals surface area (Å²) in [4.78, 5) is 12.3. The monoisotopic (exact) mass is 368 g/mol. The second-order valence-corrected chi connectivity index (χ2v) is 8.85. The lowest BCUT2D eigenvalue weighted by Gasteiger charge is -2.28. The van der Waals surface area contributed by atoms with E-state index in [1.54, 1.807) is 6.07 Å². The van der Waals surface area contributed by atoms with Crippen LogP contribution in [0.25, 0.3) is 0 Å². The summed E-state index contributed by atoms with van der Waals surface area (Å²) in [6.07, 6.45) is 2.27. The fraction of sp³-hybridized carbons (Fsp3) is 0.435. The van der Waals surface area contributed by atoms with Crippen LogP contribution >= 0.6 is 0 Å². The van der Waals surface area contributed by atoms with Crippen molar-refractivity contribution in [3.05, 3.63) is 58.4 Å². The number of carbonyl (C=O) groups is 1. The van der Waals surface area contributed by atoms with Gasteiger partial charge in [-0.3, -0.25) is 4.79 Å². The van der Waals surface area contributed by atoms with Gasteiger partial charge in [-0.2, -0.15) is 0 Å². The van der Waals surface area contributed by atoms with Crippen LogP contribution in [-0.2, 0) is 11.2 Å². The molecule has 27 heavy (non-hydrogen) atoms. The molecule has 2 aromatic rings. The zero-order valence-corrected chi connectivity index (χ0v) is 16.9. The second-order valence-electron chi connectivity index (χ2n) is 8.85. The predicted molar refractivity (Wildman–Crippen MR) is 110 cm³/mol. The molecule has 4 heteroatoms. The van der Waals surface area contributed by atoms with Crippen molar-refractivity contribution in [2.24, 2.45) is 5.41 Å². The first kappa shape index (κ1) is 19.4. The van der Waals surface area contributed by atoms with E-state index in [1.165, 1.54) is 11.6 Å². The number of rotatable bonds is 3. The molecule has 1 unspecified atom stereocenters. The van der Waals surface area contributed by atoms with E-state index in [2.05, 4.69) is 43.5 Å². The maximum atomic E-state index is 13.4. The fourth-order valence-corrected chi connectivity index (χ4v) is 3.78. The van der Waals surface area contributed by atoms with Crippen molar-refractivity contribution >= 4 is 17.3 Å². The van der Waals surface area contributed by atoms with Gasteiger partial charge in [0.15, 0.2) is 0 Å². The minimum atomic E-state index is -0.184. The Hall–Kier alpha value is -2.36. The Balaban J connectivity index is 1.79. The molecule has 2 N–H and O–H groups in total. The van der Waals surface area contributed by atoms with Crippen molar-refractivity contribution < 1.29 is 9.18 Å². The van der Waals surface area contributed by atoms with E-state index in [4.69, 9.17) is 0 Å². The molecule has 1 amide bonds. The Kier molecular flexibility index (Phi) is 5.27. The summed E-state index contributed by atoms with van der Waals surface area (Å²) >= 11 is 0. The third-order valence-electron chi connectivity index (χ3n) is 5.01. The number of nitrogens with one attached hydrogen (secondary N) is 2. The van der Waals surface area contributed by atoms with Crippen molar-refractivity contribution in [3.8, 4) is 0 Å². The van der Waals surface area contributed by atoms with Crippen molar-refractivity contribution in [3.63, 3.8) is 0 Å². The number of carbonyl (C=O) groups excluding carboxylic acids is 1. The molecule has 3 nitrogen and oxygen atoms in total. The number of amides is 1. The van der Waals surface area contributed by atoms with Crippen LogP contribution in [0.1, 0.15) is 61.9 Å². The lowest BCUT2D eigenvalue weighted by molar-refractivity contribution is -0.117. The van der Waals surface area contributed by atoms with Gasteiger partial charge in [0.05, 0.1) is 6.04 Å². The number of halogens is 1. The van der Waals surface area contributed by atoms with Crippen LogP contribution in [0.4, 0.5) is 15.8 Å². The molecule has 0 spiro atoms. The Morgan fingerprint density at radius 3 is 2.48 bits per heavy atom. The SMILES string of the molecule is Cc1cc(C2CCc3cc(F)ccc3N2)cc(C)c1NC(=O)CC(C)(C)C. The average molecular weight is 368 g/mol. The zero-order chi connectivity index (χ0) is 19.8. The van der Waals surface area contributed by atoms with Gasteiger partial charge in [-0.25, -0.2) is 4.39 Å². The summed E-state index contributed by atoms with van der Waals surface area (Å²) in [6, 6.07) is 9.41. The Morgan fingerprint density at radius 2 is 1.85 bits per heavy atom. The molecule has 0 radical (unpaired) electrons. The van der Waals surface area contributed by atoms with Crippen molar-refractivity contribution in [2.75, 3.05) is 10.6 Å². The lowest BCUT2D eigenvalue weighted by atomic mass is 9.90. The molecule has 0 bridgehead atoms. The molecular formula is C23H29FN2O. The van der Waals surface area contributed by atoms with E-state index >= 15 is 0 Å². The summed E-state index contributed by atoms with van der Waals surface area (Å²) in [7, 11) is 0. The largest absolute Gasteiger partial charge is 0.378 e. The lowest BCUT2D eigenvalue weighted by Crippen LogP contribution is -2.21. The molecule has 1 aliphatic heterocycles. The maximum absolute atomic E-state index is 13.4. The van der Waals surface area contributed by atoms with Crippen LogP contribution in [0.5, 0.6) is 0 Å². The Labute approximate surface area is 161 Å². The zero-order valence-electron chi connectivity index (χ0n) is 16.9. The van der Waals surface area contributed by atoms with E-state index in [1.807, 2.05) is 19.9 Å². The van der Waals surface area contributed by atoms with Crippen LogP contribution in [0.3, 0.4) is 0 Å². The minimum absolute atomic E-state index is 0.0370. The summed E-state index contributed by atoms with van der Waals surface area (Å²) in [5.74, 6) is -0.135. The van der Waals surface area contributed by atoms with Crippen LogP contribution in [0.15, 0.2) is 30.3 Å². The van der Waals surface area contributed by atoms with Crippen molar-refractivity contribution in [2.45, 2.75) is 59.9 Å². The Bertz CT molecular complexity index is 844. The van der Waals surface area contributed by atoms with Crippen LogP contribution in [-0.4, -0.2) is 5.91 Å². The predicted octanol–water partition coefficient (Wildman–Crippen LogP) is 5.92. The van der Waals surface area contributed by atoms with Gasteiger partial charge in [0.25, 0.3) is 0 Å². The molecular weight excluding hydrogens is 339 g/mol. The third-order valence-corrected chi connectivity index (χ3v) is 5.01. The topological polar surface area (TPSA) is 41.1 Å². The molecule has 2 aromatic carbocycles. The maximum Gasteiger partial charge on any atom is 0.224 e. The first-order valence-corrected chi connectivity index (χ1v) is 9.58. The second kappa shape index (κ2) is 7.34. The van der Waals surface area contributed by atoms with Gasteiger partial charge >= 0.3 is 0 Å². The third kappa shape index (κ3) is 4.68. The number of hydrogen-bond donors (Lipinski definition) is 2. The first-order chi connectivity index (χ1) is 12.6. The van der Waals surface area contributed by atoms with Crippen molar-refractivity contribution in [1.82, 2.24) is 0 Å². The van der Waals surface area contributed by atoms with Gasteiger partial charge in [0, 0.05) is 17.8 Å². The molecule has 0 aliphatic carbocycles. The van der Waals surface area contributed by atoms with Gasteiger partial charge < -0.3 is 10.6 Å². The van der Waals surface area contributed by atoms with E-state index in [0.29, 0.717) is 6.42 Å². The smallest absolute Gasteiger partial charge is 0.224 e. The number of hydrogen-bond acceptors (Lipinski definition) is 2. The normalized spacial score (nSPS) is 16.4. The van der Waals surface area contributed by atoms with E-state index < -0.39 is 0 Å². The highest BCUT2D eigenvalue weighted by Gasteiger charge is 2.22. The highest BCUT2D eigenvalue weighted by atomic mass is 19.1. The molecule has 144 valence electrons. The highest BCUT2D eigenvalue weighted by molar-refractivity contribution is 5.92. The van der Waals surface area contributed by atoms with Gasteiger partial charge in [0.1, 0.15) is 5.82 Å². The number of benzene rings is 2. The summed E-state index contributed by atoms with van der Waals surface area (Å²) < 4.78 is 13.4. The molecule has 0 aromatic heterocycles. The molecule has 0 fully saturated rings. The van der Waals surface area contributed by atoms with Crippen LogP contribution in [0.2, 0.25) is 0 Å². The molecule has 0 saturated carbocycles. The van der Waals surface area contributed by atoms with Crippen molar-refractivity contribution in [1.29, 1.82) is 0 Å². The fourth-order valence-electron chi connectivity index (χ4n) is 3.78.